The van der Waals surface area contributed by atoms with Crippen LogP contribution < -0.4 is 11.3 Å². The van der Waals surface area contributed by atoms with Crippen LogP contribution in [0.5, 0.6) is 0 Å². The number of benzene rings is 1. The summed E-state index contributed by atoms with van der Waals surface area (Å²) in [6.07, 6.45) is 6.74. The zero-order valence-corrected chi connectivity index (χ0v) is 11.5. The molecule has 1 saturated carbocycles. The van der Waals surface area contributed by atoms with Gasteiger partial charge >= 0.3 is 0 Å². The third-order valence-electron chi connectivity index (χ3n) is 4.25. The fourth-order valence-corrected chi connectivity index (χ4v) is 3.14. The Morgan fingerprint density at radius 3 is 2.21 bits per heavy atom. The lowest BCUT2D eigenvalue weighted by atomic mass is 9.82. The smallest absolute Gasteiger partial charge is 0.123 e. The lowest BCUT2D eigenvalue weighted by Gasteiger charge is -2.39. The lowest BCUT2D eigenvalue weighted by molar-refractivity contribution is -0.0541. The molecule has 1 atom stereocenters. The average Bonchev–Trinajstić information content (AvgIpc) is 2.68. The van der Waals surface area contributed by atoms with Crippen LogP contribution in [0.25, 0.3) is 0 Å². The van der Waals surface area contributed by atoms with Gasteiger partial charge in [-0.2, -0.15) is 0 Å². The van der Waals surface area contributed by atoms with Gasteiger partial charge in [-0.1, -0.05) is 37.8 Å². The van der Waals surface area contributed by atoms with E-state index in [0.717, 1.165) is 31.2 Å². The molecule has 1 aliphatic carbocycles. The van der Waals surface area contributed by atoms with Gasteiger partial charge in [-0.25, -0.2) is 4.39 Å². The van der Waals surface area contributed by atoms with E-state index in [2.05, 4.69) is 5.43 Å². The van der Waals surface area contributed by atoms with E-state index < -0.39 is 0 Å². The lowest BCUT2D eigenvalue weighted by Crippen LogP contribution is -2.47. The molecule has 0 amide bonds. The van der Waals surface area contributed by atoms with E-state index in [1.807, 2.05) is 0 Å². The molecule has 3 nitrogen and oxygen atoms in total. The molecular weight excluding hydrogens is 243 g/mol. The summed E-state index contributed by atoms with van der Waals surface area (Å²) in [6, 6.07) is 6.41. The van der Waals surface area contributed by atoms with Crippen molar-refractivity contribution in [3.05, 3.63) is 35.6 Å². The second-order valence-electron chi connectivity index (χ2n) is 5.33. The minimum Gasteiger partial charge on any atom is -0.376 e. The number of hydrazine groups is 1. The second kappa shape index (κ2) is 6.46. The van der Waals surface area contributed by atoms with Crippen molar-refractivity contribution in [1.29, 1.82) is 0 Å². The predicted molar refractivity (Wildman–Crippen MR) is 73.9 cm³/mol. The van der Waals surface area contributed by atoms with Crippen molar-refractivity contribution in [3.8, 4) is 0 Å². The van der Waals surface area contributed by atoms with Crippen LogP contribution in [0, 0.1) is 5.82 Å². The molecule has 1 aromatic carbocycles. The molecule has 0 radical (unpaired) electrons. The first kappa shape index (κ1) is 14.4. The van der Waals surface area contributed by atoms with Gasteiger partial charge in [-0.15, -0.1) is 0 Å². The van der Waals surface area contributed by atoms with Crippen molar-refractivity contribution < 1.29 is 9.13 Å². The Balaban J connectivity index is 2.29. The molecule has 4 heteroatoms. The Labute approximate surface area is 114 Å². The molecule has 2 rings (SSSR count). The molecule has 106 valence electrons. The van der Waals surface area contributed by atoms with E-state index in [-0.39, 0.29) is 17.5 Å². The van der Waals surface area contributed by atoms with Crippen LogP contribution in [0.3, 0.4) is 0 Å². The van der Waals surface area contributed by atoms with Crippen molar-refractivity contribution >= 4 is 0 Å². The Bertz CT molecular complexity index is 386. The number of halogens is 1. The maximum atomic E-state index is 13.1. The second-order valence-corrected chi connectivity index (χ2v) is 5.33. The molecule has 1 aromatic rings. The van der Waals surface area contributed by atoms with Crippen molar-refractivity contribution in [2.75, 3.05) is 7.11 Å². The van der Waals surface area contributed by atoms with Gasteiger partial charge < -0.3 is 4.74 Å². The predicted octanol–water partition coefficient (Wildman–Crippen LogP) is 3.07. The fraction of sp³-hybridized carbons (Fsp3) is 0.600. The standard InChI is InChI=1S/C15H23FN2O/c1-19-15(10-4-2-3-5-11-15)14(18-17)12-6-8-13(16)9-7-12/h6-9,14,18H,2-5,10-11,17H2,1H3. The van der Waals surface area contributed by atoms with E-state index >= 15 is 0 Å². The first-order valence-electron chi connectivity index (χ1n) is 6.98. The molecule has 0 aliphatic heterocycles. The highest BCUT2D eigenvalue weighted by molar-refractivity contribution is 5.23. The van der Waals surface area contributed by atoms with Gasteiger partial charge in [0, 0.05) is 7.11 Å². The Kier molecular flexibility index (Phi) is 4.91. The van der Waals surface area contributed by atoms with E-state index in [1.54, 1.807) is 19.2 Å². The quantitative estimate of drug-likeness (QED) is 0.500. The molecule has 0 spiro atoms. The summed E-state index contributed by atoms with van der Waals surface area (Å²) in [5, 5.41) is 0. The number of ether oxygens (including phenoxy) is 1. The van der Waals surface area contributed by atoms with E-state index in [1.165, 1.54) is 25.0 Å². The molecular formula is C15H23FN2O. The fourth-order valence-electron chi connectivity index (χ4n) is 3.14. The average molecular weight is 266 g/mol. The number of nitrogens with two attached hydrogens (primary N) is 1. The number of methoxy groups -OCH3 is 1. The molecule has 3 N–H and O–H groups in total. The van der Waals surface area contributed by atoms with Gasteiger partial charge in [0.05, 0.1) is 11.6 Å². The molecule has 0 bridgehead atoms. The summed E-state index contributed by atoms with van der Waals surface area (Å²) in [4.78, 5) is 0. The number of rotatable bonds is 4. The van der Waals surface area contributed by atoms with Gasteiger partial charge in [0.2, 0.25) is 0 Å². The van der Waals surface area contributed by atoms with Crippen molar-refractivity contribution in [1.82, 2.24) is 5.43 Å². The summed E-state index contributed by atoms with van der Waals surface area (Å²) in [6.45, 7) is 0. The van der Waals surface area contributed by atoms with Crippen LogP contribution in [0.2, 0.25) is 0 Å². The first-order chi connectivity index (χ1) is 9.22. The van der Waals surface area contributed by atoms with Gasteiger partial charge in [0.15, 0.2) is 0 Å². The summed E-state index contributed by atoms with van der Waals surface area (Å²) >= 11 is 0. The highest BCUT2D eigenvalue weighted by atomic mass is 19.1. The van der Waals surface area contributed by atoms with Gasteiger partial charge in [-0.05, 0) is 30.5 Å². The maximum absolute atomic E-state index is 13.1. The Morgan fingerprint density at radius 2 is 1.74 bits per heavy atom. The zero-order chi connectivity index (χ0) is 13.7. The van der Waals surface area contributed by atoms with Gasteiger partial charge in [0.25, 0.3) is 0 Å². The summed E-state index contributed by atoms with van der Waals surface area (Å²) in [7, 11) is 1.75. The number of nitrogens with one attached hydrogen (secondary N) is 1. The maximum Gasteiger partial charge on any atom is 0.123 e. The van der Waals surface area contributed by atoms with Crippen LogP contribution in [0.4, 0.5) is 4.39 Å². The van der Waals surface area contributed by atoms with Crippen LogP contribution in [-0.2, 0) is 4.74 Å². The van der Waals surface area contributed by atoms with Crippen LogP contribution in [0.15, 0.2) is 24.3 Å². The minimum atomic E-state index is -0.289. The Morgan fingerprint density at radius 1 is 1.16 bits per heavy atom. The van der Waals surface area contributed by atoms with E-state index in [4.69, 9.17) is 10.6 Å². The van der Waals surface area contributed by atoms with Crippen LogP contribution >= 0.6 is 0 Å². The molecule has 1 unspecified atom stereocenters. The molecule has 19 heavy (non-hydrogen) atoms. The van der Waals surface area contributed by atoms with Crippen LogP contribution in [0.1, 0.15) is 50.1 Å². The number of hydrogen-bond acceptors (Lipinski definition) is 3. The molecule has 1 aliphatic rings. The molecule has 0 saturated heterocycles. The van der Waals surface area contributed by atoms with Gasteiger partial charge in [0.1, 0.15) is 5.82 Å². The molecule has 0 aromatic heterocycles. The van der Waals surface area contributed by atoms with Crippen molar-refractivity contribution in [2.45, 2.75) is 50.2 Å². The molecule has 0 heterocycles. The largest absolute Gasteiger partial charge is 0.376 e. The third-order valence-corrected chi connectivity index (χ3v) is 4.25. The van der Waals surface area contributed by atoms with Crippen molar-refractivity contribution in [2.24, 2.45) is 5.84 Å². The first-order valence-corrected chi connectivity index (χ1v) is 6.98. The van der Waals surface area contributed by atoms with E-state index in [0.29, 0.717) is 0 Å². The van der Waals surface area contributed by atoms with Crippen LogP contribution in [-0.4, -0.2) is 12.7 Å². The van der Waals surface area contributed by atoms with E-state index in [9.17, 15) is 4.39 Å². The number of hydrogen-bond donors (Lipinski definition) is 2. The minimum absolute atomic E-state index is 0.101. The normalized spacial score (nSPS) is 20.8. The highest BCUT2D eigenvalue weighted by Crippen LogP contribution is 2.39. The monoisotopic (exact) mass is 266 g/mol. The summed E-state index contributed by atoms with van der Waals surface area (Å²) in [5.41, 5.74) is 3.57. The summed E-state index contributed by atoms with van der Waals surface area (Å²) in [5.74, 6) is 5.53. The third kappa shape index (κ3) is 3.14. The topological polar surface area (TPSA) is 47.3 Å². The molecule has 1 fully saturated rings. The SMILES string of the molecule is COC1(C(NN)c2ccc(F)cc2)CCCCCC1. The van der Waals surface area contributed by atoms with Gasteiger partial charge in [-0.3, -0.25) is 11.3 Å². The van der Waals surface area contributed by atoms with Crippen molar-refractivity contribution in [3.63, 3.8) is 0 Å². The summed E-state index contributed by atoms with van der Waals surface area (Å²) < 4.78 is 18.9. The zero-order valence-electron chi connectivity index (χ0n) is 11.5. The highest BCUT2D eigenvalue weighted by Gasteiger charge is 2.39. The Hall–Kier alpha value is -0.970.